The van der Waals surface area contributed by atoms with Crippen LogP contribution in [0.5, 0.6) is 0 Å². The molecule has 0 radical (unpaired) electrons. The van der Waals surface area contributed by atoms with E-state index in [9.17, 15) is 19.1 Å². The van der Waals surface area contributed by atoms with Crippen molar-refractivity contribution in [2.24, 2.45) is 0 Å². The predicted octanol–water partition coefficient (Wildman–Crippen LogP) is 2.60. The van der Waals surface area contributed by atoms with E-state index in [1.54, 1.807) is 24.3 Å². The third-order valence-electron chi connectivity index (χ3n) is 2.75. The minimum absolute atomic E-state index is 0.130. The number of nitro groups is 1. The van der Waals surface area contributed by atoms with E-state index < -0.39 is 21.7 Å². The molecule has 0 aliphatic rings. The summed E-state index contributed by atoms with van der Waals surface area (Å²) in [4.78, 5) is 21.2. The molecule has 0 aromatic heterocycles. The summed E-state index contributed by atoms with van der Waals surface area (Å²) < 4.78 is 12.3. The van der Waals surface area contributed by atoms with Crippen LogP contribution in [0.2, 0.25) is 0 Å². The molecule has 0 fully saturated rings. The molecule has 6 nitrogen and oxygen atoms in total. The van der Waals surface area contributed by atoms with Crippen molar-refractivity contribution in [2.75, 3.05) is 0 Å². The number of hydrogen-bond acceptors (Lipinski definition) is 4. The number of carbonyl (C=O) groups is 1. The molecule has 0 saturated heterocycles. The highest BCUT2D eigenvalue weighted by Crippen LogP contribution is 2.21. The average molecular weight is 305 g/mol. The van der Waals surface area contributed by atoms with Crippen LogP contribution in [-0.4, -0.2) is 20.2 Å². The topological polar surface area (TPSA) is 97.5 Å². The molecule has 0 aliphatic heterocycles. The van der Waals surface area contributed by atoms with E-state index in [2.05, 4.69) is 0 Å². The van der Waals surface area contributed by atoms with Gasteiger partial charge in [0.1, 0.15) is 0 Å². The molecule has 0 amide bonds. The molecule has 0 aliphatic carbocycles. The molecule has 0 spiro atoms. The summed E-state index contributed by atoms with van der Waals surface area (Å²) >= 11 is 0. The Balaban J connectivity index is 2.36. The van der Waals surface area contributed by atoms with Crippen LogP contribution in [0.25, 0.3) is 0 Å². The number of nitro benzene ring substituents is 1. The second-order valence-electron chi connectivity index (χ2n) is 4.25. The van der Waals surface area contributed by atoms with Gasteiger partial charge in [-0.2, -0.15) is 0 Å². The second-order valence-corrected chi connectivity index (χ2v) is 5.70. The van der Waals surface area contributed by atoms with E-state index in [4.69, 9.17) is 5.11 Å². The first-order valence-corrected chi connectivity index (χ1v) is 7.24. The van der Waals surface area contributed by atoms with Crippen LogP contribution in [-0.2, 0) is 16.6 Å². The lowest BCUT2D eigenvalue weighted by molar-refractivity contribution is -0.385. The van der Waals surface area contributed by atoms with E-state index in [-0.39, 0.29) is 21.9 Å². The fourth-order valence-corrected chi connectivity index (χ4v) is 2.93. The lowest BCUT2D eigenvalue weighted by atomic mass is 10.2. The maximum atomic E-state index is 12.3. The first-order chi connectivity index (χ1) is 9.97. The van der Waals surface area contributed by atoms with Gasteiger partial charge in [-0.15, -0.1) is 0 Å². The summed E-state index contributed by atoms with van der Waals surface area (Å²) in [5.41, 5.74) is 0.172. The maximum Gasteiger partial charge on any atom is 0.335 e. The van der Waals surface area contributed by atoms with Crippen LogP contribution >= 0.6 is 0 Å². The molecule has 1 unspecified atom stereocenters. The molecule has 0 saturated carbocycles. The van der Waals surface area contributed by atoms with Crippen LogP contribution in [0.3, 0.4) is 0 Å². The quantitative estimate of drug-likeness (QED) is 0.676. The van der Waals surface area contributed by atoms with Crippen molar-refractivity contribution < 1.29 is 19.0 Å². The number of carboxylic acids is 1. The summed E-state index contributed by atoms with van der Waals surface area (Å²) in [6.07, 6.45) is 0. The smallest absolute Gasteiger partial charge is 0.335 e. The molecule has 108 valence electrons. The van der Waals surface area contributed by atoms with E-state index in [0.717, 1.165) is 17.7 Å². The summed E-state index contributed by atoms with van der Waals surface area (Å²) in [7, 11) is -1.56. The molecule has 0 heterocycles. The second kappa shape index (κ2) is 6.27. The summed E-state index contributed by atoms with van der Waals surface area (Å²) in [6.45, 7) is 0. The first-order valence-electron chi connectivity index (χ1n) is 5.92. The van der Waals surface area contributed by atoms with Crippen molar-refractivity contribution >= 4 is 22.5 Å². The average Bonchev–Trinajstić information content (AvgIpc) is 2.47. The highest BCUT2D eigenvalue weighted by molar-refractivity contribution is 7.84. The molecule has 21 heavy (non-hydrogen) atoms. The Hall–Kier alpha value is -2.54. The van der Waals surface area contributed by atoms with Crippen molar-refractivity contribution in [2.45, 2.75) is 10.6 Å². The number of aromatic carboxylic acids is 1. The van der Waals surface area contributed by atoms with Crippen molar-refractivity contribution in [3.63, 3.8) is 0 Å². The van der Waals surface area contributed by atoms with Crippen molar-refractivity contribution in [3.05, 3.63) is 69.8 Å². The Labute approximate surface area is 122 Å². The number of nitrogens with zero attached hydrogens (tertiary/aromatic N) is 1. The molecule has 7 heteroatoms. The number of hydrogen-bond donors (Lipinski definition) is 1. The minimum atomic E-state index is -1.56. The van der Waals surface area contributed by atoms with Gasteiger partial charge in [-0.05, 0) is 11.6 Å². The van der Waals surface area contributed by atoms with Crippen LogP contribution in [0, 0.1) is 10.1 Å². The molecule has 2 aromatic carbocycles. The van der Waals surface area contributed by atoms with Gasteiger partial charge in [0.15, 0.2) is 0 Å². The van der Waals surface area contributed by atoms with Crippen molar-refractivity contribution in [1.82, 2.24) is 0 Å². The molecule has 0 bridgehead atoms. The van der Waals surface area contributed by atoms with Crippen LogP contribution in [0.4, 0.5) is 5.69 Å². The Kier molecular flexibility index (Phi) is 4.44. The van der Waals surface area contributed by atoms with Gasteiger partial charge < -0.3 is 5.11 Å². The number of rotatable bonds is 5. The van der Waals surface area contributed by atoms with Gasteiger partial charge in [0, 0.05) is 17.0 Å². The maximum absolute atomic E-state index is 12.3. The molecular weight excluding hydrogens is 294 g/mol. The monoisotopic (exact) mass is 305 g/mol. The lowest BCUT2D eigenvalue weighted by Crippen LogP contribution is -2.03. The Bertz CT molecular complexity index is 682. The summed E-state index contributed by atoms with van der Waals surface area (Å²) in [5, 5.41) is 19.8. The third kappa shape index (κ3) is 3.73. The molecule has 2 rings (SSSR count). The highest BCUT2D eigenvalue weighted by atomic mass is 32.2. The summed E-state index contributed by atoms with van der Waals surface area (Å²) in [6, 6.07) is 12.3. The van der Waals surface area contributed by atoms with Crippen LogP contribution in [0.15, 0.2) is 53.4 Å². The zero-order chi connectivity index (χ0) is 15.4. The fourth-order valence-electron chi connectivity index (χ4n) is 1.75. The fraction of sp³-hybridized carbons (Fsp3) is 0.0714. The molecule has 1 N–H and O–H groups in total. The van der Waals surface area contributed by atoms with Gasteiger partial charge in [-0.1, -0.05) is 30.3 Å². The summed E-state index contributed by atoms with van der Waals surface area (Å²) in [5.74, 6) is -1.13. The Morgan fingerprint density at radius 1 is 1.19 bits per heavy atom. The van der Waals surface area contributed by atoms with E-state index in [1.165, 1.54) is 6.07 Å². The van der Waals surface area contributed by atoms with E-state index in [0.29, 0.717) is 0 Å². The van der Waals surface area contributed by atoms with E-state index in [1.807, 2.05) is 6.07 Å². The van der Waals surface area contributed by atoms with Crippen LogP contribution < -0.4 is 0 Å². The first kappa shape index (κ1) is 14.9. The zero-order valence-electron chi connectivity index (χ0n) is 10.8. The van der Waals surface area contributed by atoms with Gasteiger partial charge in [0.2, 0.25) is 0 Å². The SMILES string of the molecule is O=C(O)c1cc([N+](=O)[O-])cc(S(=O)Cc2ccccc2)c1. The Morgan fingerprint density at radius 2 is 1.86 bits per heavy atom. The molecular formula is C14H11NO5S. The third-order valence-corrected chi connectivity index (χ3v) is 4.11. The van der Waals surface area contributed by atoms with Gasteiger partial charge in [0.25, 0.3) is 5.69 Å². The van der Waals surface area contributed by atoms with Gasteiger partial charge in [0.05, 0.1) is 27.0 Å². The molecule has 2 aromatic rings. The number of carboxylic acid groups (broad SMARTS) is 1. The number of non-ortho nitro benzene ring substituents is 1. The van der Waals surface area contributed by atoms with E-state index >= 15 is 0 Å². The zero-order valence-corrected chi connectivity index (χ0v) is 11.6. The van der Waals surface area contributed by atoms with Gasteiger partial charge in [-0.25, -0.2) is 4.79 Å². The standard InChI is InChI=1S/C14H11NO5S/c16-14(17)11-6-12(15(18)19)8-13(7-11)21(20)9-10-4-2-1-3-5-10/h1-8H,9H2,(H,16,17). The minimum Gasteiger partial charge on any atom is -0.478 e. The Morgan fingerprint density at radius 3 is 2.43 bits per heavy atom. The predicted molar refractivity (Wildman–Crippen MR) is 76.6 cm³/mol. The van der Waals surface area contributed by atoms with Gasteiger partial charge in [-0.3, -0.25) is 14.3 Å². The lowest BCUT2D eigenvalue weighted by Gasteiger charge is -2.04. The molecule has 1 atom stereocenters. The van der Waals surface area contributed by atoms with Crippen LogP contribution in [0.1, 0.15) is 15.9 Å². The van der Waals surface area contributed by atoms with Crippen molar-refractivity contribution in [1.29, 1.82) is 0 Å². The number of benzene rings is 2. The normalized spacial score (nSPS) is 11.8. The van der Waals surface area contributed by atoms with Gasteiger partial charge >= 0.3 is 5.97 Å². The largest absolute Gasteiger partial charge is 0.478 e. The highest BCUT2D eigenvalue weighted by Gasteiger charge is 2.17. The van der Waals surface area contributed by atoms with Crippen molar-refractivity contribution in [3.8, 4) is 0 Å².